The van der Waals surface area contributed by atoms with Crippen LogP contribution >= 0.6 is 0 Å². The minimum absolute atomic E-state index is 0.00366. The molecule has 6 heterocycles. The molecule has 0 unspecified atom stereocenters. The van der Waals surface area contributed by atoms with Gasteiger partial charge in [-0.3, -0.25) is 29.7 Å². The number of nitrogens with two attached hydrogens (primary N) is 7. The molecule has 15 nitrogen and oxygen atoms in total. The van der Waals surface area contributed by atoms with E-state index < -0.39 is 0 Å². The first-order valence-electron chi connectivity index (χ1n) is 22.5. The van der Waals surface area contributed by atoms with Crippen molar-refractivity contribution in [2.45, 2.75) is 13.8 Å². The van der Waals surface area contributed by atoms with E-state index in [2.05, 4.69) is 36.8 Å². The standard InChI is InChI=1S/C10H10N2O.2C10H10N2.C9H9N3.C9H8N2O.C9H8N2/c1-13-9-6-8(11)5-7-3-2-4-12-10(7)9;1-7-4-5-12-10-6-8(11)2-3-9(7)10;1-7-2-3-8-6-9(11)4-5-10(8)12-7;10-6-1-2-9-7(5-6)8(11)3-4-12-9;10-6-1-2-8-7(5-6)9(12)3-4-11-8;10-8-3-4-9-7(6-8)2-1-5-11-9/h2-6H,11H2,1H3;2*2-6H,11H2,1H3;1-5H,10H2,(H2,11,12);1-5H,10H2,(H,11,12);1-6H,10H2. The molecular weight excluding hydrogens is 899 g/mol. The number of H-pyrrole nitrogens is 1. The summed E-state index contributed by atoms with van der Waals surface area (Å²) in [6.45, 7) is 4.05. The Hall–Kier alpha value is -10.0. The molecule has 0 aliphatic heterocycles. The van der Waals surface area contributed by atoms with Crippen LogP contribution in [0.25, 0.3) is 65.4 Å². The number of nitrogen functional groups attached to an aromatic ring is 7. The average molecular weight is 954 g/mol. The van der Waals surface area contributed by atoms with E-state index in [4.69, 9.17) is 44.9 Å². The summed E-state index contributed by atoms with van der Waals surface area (Å²) in [4.78, 5) is 35.3. The van der Waals surface area contributed by atoms with Crippen LogP contribution in [0.1, 0.15) is 11.3 Å². The van der Waals surface area contributed by atoms with Crippen molar-refractivity contribution in [3.63, 3.8) is 0 Å². The number of hydrogen-bond donors (Lipinski definition) is 8. The van der Waals surface area contributed by atoms with Crippen molar-refractivity contribution in [3.05, 3.63) is 210 Å². The van der Waals surface area contributed by atoms with Gasteiger partial charge in [-0.1, -0.05) is 24.3 Å². The van der Waals surface area contributed by atoms with Crippen LogP contribution in [-0.2, 0) is 0 Å². The van der Waals surface area contributed by atoms with Gasteiger partial charge in [0.2, 0.25) is 0 Å². The maximum Gasteiger partial charge on any atom is 0.189 e. The first-order valence-corrected chi connectivity index (χ1v) is 22.5. The van der Waals surface area contributed by atoms with Crippen LogP contribution in [0.5, 0.6) is 5.75 Å². The molecule has 6 aromatic carbocycles. The van der Waals surface area contributed by atoms with Gasteiger partial charge in [-0.15, -0.1) is 0 Å². The molecule has 0 saturated heterocycles. The number of aryl methyl sites for hydroxylation is 2. The summed E-state index contributed by atoms with van der Waals surface area (Å²) >= 11 is 0. The van der Waals surface area contributed by atoms with Gasteiger partial charge in [0, 0.05) is 126 Å². The Morgan fingerprint density at radius 2 is 1.01 bits per heavy atom. The SMILES string of the molecule is COc1cc(N)cc2cccnc12.Cc1ccc2cc(N)ccc2n1.Cc1ccnc2cc(N)ccc12.Nc1ccc2[nH]ccc(=O)c2c1.Nc1ccc2nccc(N)c2c1.Nc1ccc2ncccc2c1. The fourth-order valence-electron chi connectivity index (χ4n) is 7.36. The van der Waals surface area contributed by atoms with E-state index in [1.807, 2.05) is 128 Å². The number of methoxy groups -OCH3 is 1. The number of benzene rings is 6. The molecule has 0 aliphatic rings. The number of nitrogens with one attached hydrogen (secondary N) is 1. The highest BCUT2D eigenvalue weighted by atomic mass is 16.5. The van der Waals surface area contributed by atoms with Crippen LogP contribution in [0.15, 0.2) is 194 Å². The van der Waals surface area contributed by atoms with Crippen molar-refractivity contribution in [3.8, 4) is 5.75 Å². The number of nitrogens with zero attached hydrogens (tertiary/aromatic N) is 5. The highest BCUT2D eigenvalue weighted by molar-refractivity contribution is 5.92. The van der Waals surface area contributed by atoms with E-state index in [0.29, 0.717) is 28.1 Å². The number of hydrogen-bond acceptors (Lipinski definition) is 14. The van der Waals surface area contributed by atoms with Crippen molar-refractivity contribution in [2.75, 3.05) is 47.2 Å². The topological polar surface area (TPSA) is 289 Å². The summed E-state index contributed by atoms with van der Waals surface area (Å²) < 4.78 is 5.17. The zero-order valence-corrected chi connectivity index (χ0v) is 40.0. The molecule has 0 spiro atoms. The predicted octanol–water partition coefficient (Wildman–Crippen LogP) is 10.4. The van der Waals surface area contributed by atoms with E-state index in [0.717, 1.165) is 83.2 Å². The first kappa shape index (κ1) is 49.9. The zero-order valence-electron chi connectivity index (χ0n) is 40.0. The lowest BCUT2D eigenvalue weighted by molar-refractivity contribution is 0.419. The van der Waals surface area contributed by atoms with Crippen LogP contribution in [0.3, 0.4) is 0 Å². The molecule has 0 bridgehead atoms. The van der Waals surface area contributed by atoms with Crippen LogP contribution in [0.4, 0.5) is 39.8 Å². The van der Waals surface area contributed by atoms with E-state index >= 15 is 0 Å². The summed E-state index contributed by atoms with van der Waals surface area (Å²) in [7, 11) is 1.61. The average Bonchev–Trinajstić information content (AvgIpc) is 3.38. The van der Waals surface area contributed by atoms with Crippen LogP contribution in [0, 0.1) is 13.8 Å². The molecule has 0 fully saturated rings. The van der Waals surface area contributed by atoms with Gasteiger partial charge in [-0.2, -0.15) is 0 Å². The molecular formula is C57H55N13O2. The molecule has 12 aromatic rings. The minimum atomic E-state index is -0.00366. The molecule has 6 aromatic heterocycles. The molecule has 0 radical (unpaired) electrons. The summed E-state index contributed by atoms with van der Waals surface area (Å²) in [5.41, 5.74) is 52.3. The number of pyridine rings is 6. The lowest BCUT2D eigenvalue weighted by Crippen LogP contribution is -2.00. The molecule has 0 saturated carbocycles. The molecule has 72 heavy (non-hydrogen) atoms. The van der Waals surface area contributed by atoms with Crippen molar-refractivity contribution in [2.24, 2.45) is 0 Å². The van der Waals surface area contributed by atoms with E-state index in [-0.39, 0.29) is 5.43 Å². The van der Waals surface area contributed by atoms with Crippen LogP contribution < -0.4 is 50.3 Å². The van der Waals surface area contributed by atoms with E-state index in [1.54, 1.807) is 68.4 Å². The van der Waals surface area contributed by atoms with Gasteiger partial charge in [0.15, 0.2) is 5.43 Å². The van der Waals surface area contributed by atoms with Crippen LogP contribution in [-0.4, -0.2) is 37.0 Å². The molecule has 15 N–H and O–H groups in total. The second kappa shape index (κ2) is 23.3. The largest absolute Gasteiger partial charge is 0.494 e. The maximum atomic E-state index is 11.3. The Balaban J connectivity index is 0.000000127. The lowest BCUT2D eigenvalue weighted by atomic mass is 10.1. The maximum absolute atomic E-state index is 11.3. The Morgan fingerprint density at radius 1 is 0.444 bits per heavy atom. The molecule has 0 aliphatic carbocycles. The van der Waals surface area contributed by atoms with Crippen molar-refractivity contribution in [1.29, 1.82) is 0 Å². The Labute approximate surface area is 415 Å². The van der Waals surface area contributed by atoms with Crippen molar-refractivity contribution < 1.29 is 4.74 Å². The summed E-state index contributed by atoms with van der Waals surface area (Å²) in [5.74, 6) is 0.718. The minimum Gasteiger partial charge on any atom is -0.494 e. The Kier molecular flexibility index (Phi) is 16.2. The number of ether oxygens (including phenoxy) is 1. The van der Waals surface area contributed by atoms with E-state index in [9.17, 15) is 4.79 Å². The second-order valence-electron chi connectivity index (χ2n) is 16.4. The highest BCUT2D eigenvalue weighted by Crippen LogP contribution is 2.26. The molecule has 15 heteroatoms. The predicted molar refractivity (Wildman–Crippen MR) is 300 cm³/mol. The van der Waals surface area contributed by atoms with Gasteiger partial charge in [0.25, 0.3) is 0 Å². The molecule has 12 rings (SSSR count). The number of aromatic nitrogens is 6. The highest BCUT2D eigenvalue weighted by Gasteiger charge is 2.03. The quantitative estimate of drug-likeness (QED) is 0.0711. The van der Waals surface area contributed by atoms with Gasteiger partial charge < -0.3 is 49.9 Å². The third-order valence-corrected chi connectivity index (χ3v) is 11.0. The Morgan fingerprint density at radius 3 is 1.76 bits per heavy atom. The summed E-state index contributed by atoms with van der Waals surface area (Å²) in [5, 5.41) is 5.91. The van der Waals surface area contributed by atoms with Crippen LogP contribution in [0.2, 0.25) is 0 Å². The molecule has 0 atom stereocenters. The number of aromatic amines is 1. The zero-order chi connectivity index (χ0) is 51.1. The monoisotopic (exact) mass is 953 g/mol. The van der Waals surface area contributed by atoms with Gasteiger partial charge in [-0.05, 0) is 141 Å². The smallest absolute Gasteiger partial charge is 0.189 e. The second-order valence-corrected chi connectivity index (χ2v) is 16.4. The third kappa shape index (κ3) is 13.1. The fourth-order valence-corrected chi connectivity index (χ4v) is 7.36. The molecule has 0 amide bonds. The lowest BCUT2D eigenvalue weighted by Gasteiger charge is -2.05. The third-order valence-electron chi connectivity index (χ3n) is 11.0. The first-order chi connectivity index (χ1) is 34.7. The van der Waals surface area contributed by atoms with E-state index in [1.165, 1.54) is 17.0 Å². The molecule has 360 valence electrons. The van der Waals surface area contributed by atoms with Gasteiger partial charge >= 0.3 is 0 Å². The summed E-state index contributed by atoms with van der Waals surface area (Å²) in [6.07, 6.45) is 8.63. The number of anilines is 7. The van der Waals surface area contributed by atoms with Crippen molar-refractivity contribution >= 4 is 105 Å². The van der Waals surface area contributed by atoms with Gasteiger partial charge in [-0.25, -0.2) is 0 Å². The van der Waals surface area contributed by atoms with Crippen molar-refractivity contribution in [1.82, 2.24) is 29.9 Å². The number of fused-ring (bicyclic) bond motifs is 6. The van der Waals surface area contributed by atoms with Gasteiger partial charge in [0.1, 0.15) is 11.3 Å². The Bertz CT molecular complexity index is 3810. The number of rotatable bonds is 1. The fraction of sp³-hybridized carbons (Fsp3) is 0.0526. The normalized spacial score (nSPS) is 10.3. The van der Waals surface area contributed by atoms with Gasteiger partial charge in [0.05, 0.1) is 29.2 Å². The summed E-state index contributed by atoms with van der Waals surface area (Å²) in [6, 6.07) is 48.6.